The standard InChI is InChI=1S/C17H19Cl2N/c1-9-7-10(2)12(4)16(11(9)3)17(20)14-6-5-13(18)8-15(14)19/h5-8,17H,20H2,1-4H3. The van der Waals surface area contributed by atoms with E-state index in [2.05, 4.69) is 33.8 Å². The van der Waals surface area contributed by atoms with Crippen LogP contribution in [0.5, 0.6) is 0 Å². The fourth-order valence-electron chi connectivity index (χ4n) is 2.62. The summed E-state index contributed by atoms with van der Waals surface area (Å²) in [6, 6.07) is 7.44. The van der Waals surface area contributed by atoms with Gasteiger partial charge < -0.3 is 5.73 Å². The molecule has 2 N–H and O–H groups in total. The van der Waals surface area contributed by atoms with Crippen LogP contribution in [0, 0.1) is 27.7 Å². The molecular weight excluding hydrogens is 289 g/mol. The second kappa shape index (κ2) is 5.77. The van der Waals surface area contributed by atoms with Gasteiger partial charge >= 0.3 is 0 Å². The van der Waals surface area contributed by atoms with E-state index in [1.165, 1.54) is 22.3 Å². The third-order valence-electron chi connectivity index (χ3n) is 4.03. The smallest absolute Gasteiger partial charge is 0.0571 e. The first kappa shape index (κ1) is 15.4. The van der Waals surface area contributed by atoms with Crippen LogP contribution >= 0.6 is 23.2 Å². The normalized spacial score (nSPS) is 12.6. The molecule has 2 aromatic carbocycles. The monoisotopic (exact) mass is 307 g/mol. The average molecular weight is 308 g/mol. The van der Waals surface area contributed by atoms with Gasteiger partial charge in [0.1, 0.15) is 0 Å². The van der Waals surface area contributed by atoms with Gasteiger partial charge in [0.15, 0.2) is 0 Å². The summed E-state index contributed by atoms with van der Waals surface area (Å²) in [6.45, 7) is 8.45. The van der Waals surface area contributed by atoms with Gasteiger partial charge in [-0.05, 0) is 73.2 Å². The second-order valence-electron chi connectivity index (χ2n) is 5.32. The molecule has 0 spiro atoms. The molecule has 0 aliphatic rings. The molecule has 0 amide bonds. The van der Waals surface area contributed by atoms with E-state index in [1.807, 2.05) is 12.1 Å². The van der Waals surface area contributed by atoms with E-state index >= 15 is 0 Å². The van der Waals surface area contributed by atoms with Crippen molar-refractivity contribution in [1.82, 2.24) is 0 Å². The first-order chi connectivity index (χ1) is 9.32. The van der Waals surface area contributed by atoms with E-state index in [0.717, 1.165) is 11.1 Å². The molecule has 0 aromatic heterocycles. The molecule has 2 aromatic rings. The van der Waals surface area contributed by atoms with Crippen LogP contribution in [0.3, 0.4) is 0 Å². The molecule has 1 nitrogen and oxygen atoms in total. The lowest BCUT2D eigenvalue weighted by Gasteiger charge is -2.22. The number of rotatable bonds is 2. The summed E-state index contributed by atoms with van der Waals surface area (Å²) in [6.07, 6.45) is 0. The fourth-order valence-corrected chi connectivity index (χ4v) is 3.15. The molecule has 20 heavy (non-hydrogen) atoms. The molecular formula is C17H19Cl2N. The number of hydrogen-bond acceptors (Lipinski definition) is 1. The number of benzene rings is 2. The Morgan fingerprint density at radius 1 is 0.900 bits per heavy atom. The van der Waals surface area contributed by atoms with Crippen molar-refractivity contribution in [1.29, 1.82) is 0 Å². The van der Waals surface area contributed by atoms with Gasteiger partial charge in [-0.25, -0.2) is 0 Å². The summed E-state index contributed by atoms with van der Waals surface area (Å²) < 4.78 is 0. The first-order valence-electron chi connectivity index (χ1n) is 6.60. The molecule has 0 fully saturated rings. The van der Waals surface area contributed by atoms with Crippen LogP contribution in [0.1, 0.15) is 39.4 Å². The molecule has 0 bridgehead atoms. The Hall–Kier alpha value is -1.02. The van der Waals surface area contributed by atoms with E-state index in [-0.39, 0.29) is 6.04 Å². The minimum Gasteiger partial charge on any atom is -0.320 e. The highest BCUT2D eigenvalue weighted by Crippen LogP contribution is 2.34. The summed E-state index contributed by atoms with van der Waals surface area (Å²) in [5.41, 5.74) is 13.5. The molecule has 0 saturated heterocycles. The third-order valence-corrected chi connectivity index (χ3v) is 4.60. The molecule has 1 unspecified atom stereocenters. The van der Waals surface area contributed by atoms with E-state index in [1.54, 1.807) is 6.07 Å². The SMILES string of the molecule is Cc1cc(C)c(C)c(C(N)c2ccc(Cl)cc2Cl)c1C. The maximum atomic E-state index is 6.48. The van der Waals surface area contributed by atoms with Crippen molar-refractivity contribution in [2.45, 2.75) is 33.7 Å². The Morgan fingerprint density at radius 3 is 1.95 bits per heavy atom. The lowest BCUT2D eigenvalue weighted by atomic mass is 9.87. The average Bonchev–Trinajstić information content (AvgIpc) is 2.36. The predicted octanol–water partition coefficient (Wildman–Crippen LogP) is 5.28. The topological polar surface area (TPSA) is 26.0 Å². The number of hydrogen-bond donors (Lipinski definition) is 1. The molecule has 0 aliphatic carbocycles. The maximum Gasteiger partial charge on any atom is 0.0571 e. The van der Waals surface area contributed by atoms with Gasteiger partial charge in [-0.15, -0.1) is 0 Å². The van der Waals surface area contributed by atoms with Gasteiger partial charge in [0.05, 0.1) is 6.04 Å². The molecule has 0 radical (unpaired) electrons. The van der Waals surface area contributed by atoms with Gasteiger partial charge in [-0.2, -0.15) is 0 Å². The van der Waals surface area contributed by atoms with Gasteiger partial charge in [0.2, 0.25) is 0 Å². The lowest BCUT2D eigenvalue weighted by Crippen LogP contribution is -2.16. The minimum absolute atomic E-state index is 0.238. The maximum absolute atomic E-state index is 6.48. The zero-order chi connectivity index (χ0) is 15.0. The largest absolute Gasteiger partial charge is 0.320 e. The summed E-state index contributed by atoms with van der Waals surface area (Å²) in [5.74, 6) is 0. The molecule has 0 heterocycles. The lowest BCUT2D eigenvalue weighted by molar-refractivity contribution is 0.845. The molecule has 106 valence electrons. The highest BCUT2D eigenvalue weighted by atomic mass is 35.5. The minimum atomic E-state index is -0.238. The van der Waals surface area contributed by atoms with Crippen molar-refractivity contribution in [2.24, 2.45) is 5.73 Å². The van der Waals surface area contributed by atoms with Gasteiger partial charge in [0.25, 0.3) is 0 Å². The zero-order valence-corrected chi connectivity index (χ0v) is 13.7. The van der Waals surface area contributed by atoms with Crippen molar-refractivity contribution in [3.05, 3.63) is 67.7 Å². The second-order valence-corrected chi connectivity index (χ2v) is 6.16. The van der Waals surface area contributed by atoms with Crippen molar-refractivity contribution < 1.29 is 0 Å². The van der Waals surface area contributed by atoms with E-state index in [0.29, 0.717) is 10.0 Å². The molecule has 2 rings (SSSR count). The zero-order valence-electron chi connectivity index (χ0n) is 12.2. The van der Waals surface area contributed by atoms with Gasteiger partial charge in [-0.3, -0.25) is 0 Å². The van der Waals surface area contributed by atoms with E-state index in [9.17, 15) is 0 Å². The summed E-state index contributed by atoms with van der Waals surface area (Å²) in [4.78, 5) is 0. The van der Waals surface area contributed by atoms with Crippen LogP contribution in [0.4, 0.5) is 0 Å². The van der Waals surface area contributed by atoms with Crippen LogP contribution in [-0.2, 0) is 0 Å². The van der Waals surface area contributed by atoms with Crippen LogP contribution in [0.2, 0.25) is 10.0 Å². The van der Waals surface area contributed by atoms with Crippen molar-refractivity contribution in [2.75, 3.05) is 0 Å². The van der Waals surface area contributed by atoms with Crippen LogP contribution in [0.15, 0.2) is 24.3 Å². The van der Waals surface area contributed by atoms with Crippen LogP contribution in [-0.4, -0.2) is 0 Å². The van der Waals surface area contributed by atoms with E-state index in [4.69, 9.17) is 28.9 Å². The van der Waals surface area contributed by atoms with Gasteiger partial charge in [-0.1, -0.05) is 35.3 Å². The first-order valence-corrected chi connectivity index (χ1v) is 7.36. The Bertz CT molecular complexity index is 636. The summed E-state index contributed by atoms with van der Waals surface area (Å²) in [7, 11) is 0. The Kier molecular flexibility index (Phi) is 4.43. The highest BCUT2D eigenvalue weighted by Gasteiger charge is 2.19. The van der Waals surface area contributed by atoms with Crippen LogP contribution in [0.25, 0.3) is 0 Å². The van der Waals surface area contributed by atoms with Gasteiger partial charge in [0, 0.05) is 10.0 Å². The van der Waals surface area contributed by atoms with Crippen molar-refractivity contribution in [3.8, 4) is 0 Å². The van der Waals surface area contributed by atoms with Crippen LogP contribution < -0.4 is 5.73 Å². The van der Waals surface area contributed by atoms with Crippen molar-refractivity contribution in [3.63, 3.8) is 0 Å². The molecule has 1 atom stereocenters. The number of nitrogens with two attached hydrogens (primary N) is 1. The third kappa shape index (κ3) is 2.71. The quantitative estimate of drug-likeness (QED) is 0.803. The highest BCUT2D eigenvalue weighted by molar-refractivity contribution is 6.35. The Morgan fingerprint density at radius 2 is 1.45 bits per heavy atom. The van der Waals surface area contributed by atoms with Crippen molar-refractivity contribution >= 4 is 23.2 Å². The Balaban J connectivity index is 2.62. The number of aryl methyl sites for hydroxylation is 2. The molecule has 0 aliphatic heterocycles. The molecule has 3 heteroatoms. The van der Waals surface area contributed by atoms with E-state index < -0.39 is 0 Å². The summed E-state index contributed by atoms with van der Waals surface area (Å²) in [5, 5.41) is 1.24. The predicted molar refractivity (Wildman–Crippen MR) is 87.9 cm³/mol. The number of halogens is 2. The molecule has 0 saturated carbocycles. The summed E-state index contributed by atoms with van der Waals surface area (Å²) >= 11 is 12.2. The fraction of sp³-hybridized carbons (Fsp3) is 0.294. The Labute approximate surface area is 130 Å².